The zero-order valence-electron chi connectivity index (χ0n) is 21.1. The number of hydrogen-bond acceptors (Lipinski definition) is 6. The van der Waals surface area contributed by atoms with Crippen molar-refractivity contribution in [1.29, 1.82) is 0 Å². The summed E-state index contributed by atoms with van der Waals surface area (Å²) in [5.41, 5.74) is 7.49. The smallest absolute Gasteiger partial charge is 0.326 e. The highest BCUT2D eigenvalue weighted by Gasteiger charge is 2.32. The molecule has 0 saturated heterocycles. The largest absolute Gasteiger partial charge is 0.480 e. The summed E-state index contributed by atoms with van der Waals surface area (Å²) in [7, 11) is 0. The van der Waals surface area contributed by atoms with Gasteiger partial charge in [-0.05, 0) is 23.5 Å². The van der Waals surface area contributed by atoms with Crippen molar-refractivity contribution in [2.75, 3.05) is 6.61 Å². The molecule has 11 heteroatoms. The highest BCUT2D eigenvalue weighted by molar-refractivity contribution is 5.94. The van der Waals surface area contributed by atoms with E-state index in [1.807, 2.05) is 38.1 Å². The number of aliphatic carboxylic acids is 1. The number of amides is 3. The SMILES string of the molecule is CCC(C)C(N)C(=O)NC(C(=O)NC(CO)C(=O)NC(Cc1c[nH]c2ccccc12)C(=O)O)C(C)C. The predicted octanol–water partition coefficient (Wildman–Crippen LogP) is 0.271. The van der Waals surface area contributed by atoms with Gasteiger partial charge in [-0.3, -0.25) is 14.4 Å². The summed E-state index contributed by atoms with van der Waals surface area (Å²) < 4.78 is 0. The molecule has 2 aromatic rings. The molecule has 8 N–H and O–H groups in total. The summed E-state index contributed by atoms with van der Waals surface area (Å²) in [6.07, 6.45) is 2.36. The Morgan fingerprint density at radius 1 is 0.972 bits per heavy atom. The lowest BCUT2D eigenvalue weighted by atomic mass is 9.97. The summed E-state index contributed by atoms with van der Waals surface area (Å²) in [4.78, 5) is 53.1. The monoisotopic (exact) mass is 503 g/mol. The van der Waals surface area contributed by atoms with Crippen LogP contribution >= 0.6 is 0 Å². The third-order valence-electron chi connectivity index (χ3n) is 6.34. The van der Waals surface area contributed by atoms with Crippen molar-refractivity contribution in [3.05, 3.63) is 36.0 Å². The van der Waals surface area contributed by atoms with Crippen LogP contribution in [-0.2, 0) is 25.6 Å². The molecule has 0 bridgehead atoms. The minimum absolute atomic E-state index is 0.00460. The third-order valence-corrected chi connectivity index (χ3v) is 6.34. The lowest BCUT2D eigenvalue weighted by Crippen LogP contribution is -2.59. The van der Waals surface area contributed by atoms with E-state index in [0.717, 1.165) is 10.9 Å². The van der Waals surface area contributed by atoms with Crippen molar-refractivity contribution in [3.63, 3.8) is 0 Å². The minimum atomic E-state index is -1.41. The van der Waals surface area contributed by atoms with E-state index in [-0.39, 0.29) is 18.3 Å². The van der Waals surface area contributed by atoms with Crippen molar-refractivity contribution in [2.45, 2.75) is 64.7 Å². The van der Waals surface area contributed by atoms with Crippen LogP contribution in [0.4, 0.5) is 0 Å². The summed E-state index contributed by atoms with van der Waals surface area (Å²) in [5.74, 6) is -3.73. The summed E-state index contributed by atoms with van der Waals surface area (Å²) >= 11 is 0. The van der Waals surface area contributed by atoms with Crippen molar-refractivity contribution in [2.24, 2.45) is 17.6 Å². The van der Waals surface area contributed by atoms with E-state index in [0.29, 0.717) is 12.0 Å². The van der Waals surface area contributed by atoms with Gasteiger partial charge in [0.1, 0.15) is 18.1 Å². The van der Waals surface area contributed by atoms with Crippen LogP contribution in [0.1, 0.15) is 39.7 Å². The molecular formula is C25H37N5O6. The number of carbonyl (C=O) groups excluding carboxylic acids is 3. The zero-order valence-corrected chi connectivity index (χ0v) is 21.1. The number of carboxylic acid groups (broad SMARTS) is 1. The molecule has 5 atom stereocenters. The molecule has 0 aliphatic carbocycles. The van der Waals surface area contributed by atoms with E-state index >= 15 is 0 Å². The second-order valence-electron chi connectivity index (χ2n) is 9.35. The van der Waals surface area contributed by atoms with E-state index in [9.17, 15) is 29.4 Å². The molecule has 0 fully saturated rings. The lowest BCUT2D eigenvalue weighted by molar-refractivity contribution is -0.142. The van der Waals surface area contributed by atoms with Crippen LogP contribution in [0.3, 0.4) is 0 Å². The van der Waals surface area contributed by atoms with Crippen molar-refractivity contribution < 1.29 is 29.4 Å². The van der Waals surface area contributed by atoms with Gasteiger partial charge >= 0.3 is 5.97 Å². The number of nitrogens with one attached hydrogen (secondary N) is 4. The van der Waals surface area contributed by atoms with Crippen LogP contribution < -0.4 is 21.7 Å². The molecule has 0 aliphatic rings. The topological polar surface area (TPSA) is 187 Å². The molecule has 1 heterocycles. The second-order valence-corrected chi connectivity index (χ2v) is 9.35. The second kappa shape index (κ2) is 13.0. The maximum Gasteiger partial charge on any atom is 0.326 e. The van der Waals surface area contributed by atoms with Crippen LogP contribution in [0.25, 0.3) is 10.9 Å². The number of hydrogen-bond donors (Lipinski definition) is 7. The number of aromatic nitrogens is 1. The van der Waals surface area contributed by atoms with Gasteiger partial charge in [0.2, 0.25) is 17.7 Å². The number of benzene rings is 1. The van der Waals surface area contributed by atoms with Crippen molar-refractivity contribution in [1.82, 2.24) is 20.9 Å². The maximum atomic E-state index is 12.9. The number of aliphatic hydroxyl groups is 1. The fourth-order valence-corrected chi connectivity index (χ4v) is 3.75. The average Bonchev–Trinajstić information content (AvgIpc) is 3.26. The number of para-hydroxylation sites is 1. The van der Waals surface area contributed by atoms with Crippen molar-refractivity contribution in [3.8, 4) is 0 Å². The Labute approximate surface area is 210 Å². The number of fused-ring (bicyclic) bond motifs is 1. The van der Waals surface area contributed by atoms with Crippen molar-refractivity contribution >= 4 is 34.6 Å². The zero-order chi connectivity index (χ0) is 27.0. The fourth-order valence-electron chi connectivity index (χ4n) is 3.75. The summed E-state index contributed by atoms with van der Waals surface area (Å²) in [6.45, 7) is 6.40. The standard InChI is InChI=1S/C25H37N5O6/c1-5-14(4)20(26)23(33)30-21(13(2)3)24(34)29-19(12-31)22(32)28-18(25(35)36)10-15-11-27-17-9-7-6-8-16(15)17/h6-9,11,13-14,18-21,27,31H,5,10,12,26H2,1-4H3,(H,28,32)(H,29,34)(H,30,33)(H,35,36). The van der Waals surface area contributed by atoms with Gasteiger partial charge in [0.25, 0.3) is 0 Å². The molecule has 0 radical (unpaired) electrons. The van der Waals surface area contributed by atoms with Gasteiger partial charge in [0.05, 0.1) is 12.6 Å². The number of carbonyl (C=O) groups is 4. The maximum absolute atomic E-state index is 12.9. The minimum Gasteiger partial charge on any atom is -0.480 e. The first-order valence-electron chi connectivity index (χ1n) is 12.0. The molecule has 198 valence electrons. The molecule has 11 nitrogen and oxygen atoms in total. The first kappa shape index (κ1) is 28.8. The Bertz CT molecular complexity index is 1070. The Balaban J connectivity index is 2.08. The molecule has 36 heavy (non-hydrogen) atoms. The summed E-state index contributed by atoms with van der Waals surface area (Å²) in [5, 5.41) is 27.7. The van der Waals surface area contributed by atoms with Gasteiger partial charge in [0.15, 0.2) is 0 Å². The van der Waals surface area contributed by atoms with E-state index in [1.54, 1.807) is 20.0 Å². The first-order valence-corrected chi connectivity index (χ1v) is 12.0. The van der Waals surface area contributed by atoms with Crippen LogP contribution in [0.5, 0.6) is 0 Å². The van der Waals surface area contributed by atoms with Crippen LogP contribution in [0.15, 0.2) is 30.5 Å². The van der Waals surface area contributed by atoms with Gasteiger partial charge in [-0.1, -0.05) is 52.3 Å². The van der Waals surface area contributed by atoms with E-state index in [1.165, 1.54) is 0 Å². The molecule has 0 aliphatic heterocycles. The number of aromatic amines is 1. The number of carboxylic acids is 1. The fraction of sp³-hybridized carbons (Fsp3) is 0.520. The van der Waals surface area contributed by atoms with Gasteiger partial charge < -0.3 is 36.9 Å². The highest BCUT2D eigenvalue weighted by atomic mass is 16.4. The molecule has 0 spiro atoms. The Morgan fingerprint density at radius 2 is 1.61 bits per heavy atom. The van der Waals surface area contributed by atoms with Gasteiger partial charge in [0, 0.05) is 23.5 Å². The molecule has 3 amide bonds. The predicted molar refractivity (Wildman–Crippen MR) is 135 cm³/mol. The molecule has 5 unspecified atom stereocenters. The van der Waals surface area contributed by atoms with Crippen LogP contribution in [-0.4, -0.2) is 69.7 Å². The Hall–Kier alpha value is -3.44. The molecular weight excluding hydrogens is 466 g/mol. The Morgan fingerprint density at radius 3 is 2.19 bits per heavy atom. The van der Waals surface area contributed by atoms with Gasteiger partial charge in [-0.15, -0.1) is 0 Å². The van der Waals surface area contributed by atoms with E-state index < -0.39 is 54.5 Å². The number of rotatable bonds is 13. The average molecular weight is 504 g/mol. The van der Waals surface area contributed by atoms with Gasteiger partial charge in [-0.2, -0.15) is 0 Å². The molecule has 1 aromatic heterocycles. The molecule has 2 rings (SSSR count). The Kier molecular flexibility index (Phi) is 10.4. The lowest BCUT2D eigenvalue weighted by Gasteiger charge is -2.27. The van der Waals surface area contributed by atoms with Crippen LogP contribution in [0.2, 0.25) is 0 Å². The van der Waals surface area contributed by atoms with E-state index in [2.05, 4.69) is 20.9 Å². The summed E-state index contributed by atoms with van der Waals surface area (Å²) in [6, 6.07) is 2.85. The van der Waals surface area contributed by atoms with Crippen LogP contribution in [0, 0.1) is 11.8 Å². The number of H-pyrrole nitrogens is 1. The molecule has 1 aromatic carbocycles. The highest BCUT2D eigenvalue weighted by Crippen LogP contribution is 2.19. The van der Waals surface area contributed by atoms with E-state index in [4.69, 9.17) is 5.73 Å². The van der Waals surface area contributed by atoms with Gasteiger partial charge in [-0.25, -0.2) is 4.79 Å². The third kappa shape index (κ3) is 7.28. The number of aliphatic hydroxyl groups excluding tert-OH is 1. The normalized spacial score (nSPS) is 15.5. The first-order chi connectivity index (χ1) is 17.0. The quantitative estimate of drug-likeness (QED) is 0.204. The molecule has 0 saturated carbocycles. The number of nitrogens with two attached hydrogens (primary N) is 1.